The first-order valence-corrected chi connectivity index (χ1v) is 18.7. The van der Waals surface area contributed by atoms with Crippen molar-refractivity contribution in [1.82, 2.24) is 9.97 Å². The number of nitrogen functional groups attached to an aromatic ring is 2. The Kier molecular flexibility index (Phi) is 28.5. The molecule has 5 N–H and O–H groups in total. The zero-order chi connectivity index (χ0) is 48.8. The lowest BCUT2D eigenvalue weighted by atomic mass is 10.1. The van der Waals surface area contributed by atoms with E-state index in [0.717, 1.165) is 12.2 Å². The average molecular weight is 921 g/mol. The lowest BCUT2D eigenvalue weighted by Gasteiger charge is -2.19. The Balaban J connectivity index is 0. The molecule has 0 bridgehead atoms. The highest BCUT2D eigenvalue weighted by Crippen LogP contribution is 2.29. The maximum absolute atomic E-state index is 13.6. The molecule has 2 aromatic carbocycles. The first kappa shape index (κ1) is 58.7. The van der Waals surface area contributed by atoms with Gasteiger partial charge in [0.05, 0.1) is 48.8 Å². The van der Waals surface area contributed by atoms with E-state index in [1.807, 2.05) is 12.1 Å². The van der Waals surface area contributed by atoms with Crippen LogP contribution in [0.4, 0.5) is 37.7 Å². The third kappa shape index (κ3) is 22.8. The number of nitrogens with zero attached hydrogens (tertiary/aromatic N) is 1. The second-order valence-corrected chi connectivity index (χ2v) is 12.4. The van der Waals surface area contributed by atoms with Crippen LogP contribution in [-0.4, -0.2) is 77.7 Å². The van der Waals surface area contributed by atoms with Crippen LogP contribution in [0, 0.1) is 0 Å². The highest BCUT2D eigenvalue weighted by molar-refractivity contribution is 6.36. The number of halogens is 7. The summed E-state index contributed by atoms with van der Waals surface area (Å²) in [6.07, 6.45) is 1.04. The first-order valence-electron chi connectivity index (χ1n) is 18.3. The number of carbonyl (C=O) groups is 4. The van der Waals surface area contributed by atoms with Crippen LogP contribution in [0.3, 0.4) is 0 Å². The molecule has 0 radical (unpaired) electrons. The van der Waals surface area contributed by atoms with Gasteiger partial charge < -0.3 is 40.1 Å². The fraction of sp³-hybridized carbons (Fsp3) is 0.333. The van der Waals surface area contributed by atoms with Crippen LogP contribution in [0.5, 0.6) is 0 Å². The number of benzene rings is 2. The Morgan fingerprint density at radius 3 is 1.70 bits per heavy atom. The van der Waals surface area contributed by atoms with E-state index in [-0.39, 0.29) is 26.4 Å². The van der Waals surface area contributed by atoms with Crippen LogP contribution in [0.15, 0.2) is 116 Å². The summed E-state index contributed by atoms with van der Waals surface area (Å²) in [6.45, 7) is 19.3. The van der Waals surface area contributed by atoms with Gasteiger partial charge in [-0.05, 0) is 52.0 Å². The van der Waals surface area contributed by atoms with Crippen LogP contribution in [0.1, 0.15) is 46.2 Å². The average Bonchev–Trinajstić information content (AvgIpc) is 3.22. The molecule has 0 amide bonds. The van der Waals surface area contributed by atoms with Gasteiger partial charge in [-0.15, -0.1) is 19.7 Å². The van der Waals surface area contributed by atoms with Gasteiger partial charge in [-0.1, -0.05) is 66.7 Å². The number of anilines is 2. The lowest BCUT2D eigenvalue weighted by molar-refractivity contribution is -0.165. The molecule has 1 atom stereocenters. The minimum atomic E-state index is -3.70. The second-order valence-electron chi connectivity index (χ2n) is 11.7. The molecule has 0 spiro atoms. The fourth-order valence-corrected chi connectivity index (χ4v) is 3.87. The Bertz CT molecular complexity index is 2040. The number of esters is 3. The number of fused-ring (bicyclic) bond motifs is 1. The third-order valence-corrected chi connectivity index (χ3v) is 6.89. The SMILES string of the molecule is C=CCC(F)(F)C(=O)C(=O)OCC.C=CCC(F)(F)c1nc2ccccc2[nH]c1=O.C=CCOC(C(=O)OCC)=C(F)F.C=CCOC(C)(Cl)C(=O)OCC.Nc1ccccc1N. The lowest BCUT2D eigenvalue weighted by Crippen LogP contribution is -2.35. The van der Waals surface area contributed by atoms with Crippen molar-refractivity contribution in [3.63, 3.8) is 0 Å². The van der Waals surface area contributed by atoms with Crippen molar-refractivity contribution in [3.05, 3.63) is 127 Å². The molecule has 21 heteroatoms. The number of para-hydroxylation sites is 4. The van der Waals surface area contributed by atoms with Crippen molar-refractivity contribution in [3.8, 4) is 0 Å². The molecule has 1 heterocycles. The van der Waals surface area contributed by atoms with E-state index in [4.69, 9.17) is 27.8 Å². The van der Waals surface area contributed by atoms with Gasteiger partial charge in [0.25, 0.3) is 17.2 Å². The molecule has 63 heavy (non-hydrogen) atoms. The van der Waals surface area contributed by atoms with E-state index in [1.165, 1.54) is 32.9 Å². The van der Waals surface area contributed by atoms with E-state index in [1.54, 1.807) is 43.3 Å². The van der Waals surface area contributed by atoms with E-state index >= 15 is 0 Å². The monoisotopic (exact) mass is 920 g/mol. The van der Waals surface area contributed by atoms with Crippen LogP contribution < -0.4 is 17.0 Å². The van der Waals surface area contributed by atoms with Crippen molar-refractivity contribution >= 4 is 57.7 Å². The summed E-state index contributed by atoms with van der Waals surface area (Å²) in [4.78, 5) is 60.7. The number of ketones is 1. The molecule has 3 aromatic rings. The summed E-state index contributed by atoms with van der Waals surface area (Å²) >= 11 is 5.70. The van der Waals surface area contributed by atoms with E-state index in [9.17, 15) is 50.3 Å². The number of allylic oxidation sites excluding steroid dienone is 2. The molecule has 0 fully saturated rings. The number of Topliss-reactive ketones (excluding diaryl/α,β-unsaturated/α-hetero) is 1. The Labute approximate surface area is 365 Å². The van der Waals surface area contributed by atoms with Crippen molar-refractivity contribution in [2.45, 2.75) is 57.4 Å². The summed E-state index contributed by atoms with van der Waals surface area (Å²) in [5.41, 5.74) is 11.2. The number of ether oxygens (including phenoxy) is 5. The molecule has 1 aromatic heterocycles. The number of aromatic amines is 1. The molecule has 14 nitrogen and oxygen atoms in total. The predicted molar refractivity (Wildman–Crippen MR) is 227 cm³/mol. The van der Waals surface area contributed by atoms with Gasteiger partial charge in [-0.2, -0.15) is 26.3 Å². The normalized spacial score (nSPS) is 11.2. The first-order chi connectivity index (χ1) is 29.5. The number of nitrogens with one attached hydrogen (secondary N) is 1. The maximum atomic E-state index is 13.6. The van der Waals surface area contributed by atoms with Crippen LogP contribution in [0.2, 0.25) is 0 Å². The smallest absolute Gasteiger partial charge is 0.381 e. The molecule has 0 aliphatic carbocycles. The van der Waals surface area contributed by atoms with Gasteiger partial charge in [-0.3, -0.25) is 9.59 Å². The number of aromatic nitrogens is 2. The van der Waals surface area contributed by atoms with Crippen LogP contribution >= 0.6 is 11.6 Å². The van der Waals surface area contributed by atoms with Crippen LogP contribution in [-0.2, 0) is 48.8 Å². The minimum Gasteiger partial charge on any atom is -0.479 e. The number of hydrogen-bond donors (Lipinski definition) is 3. The van der Waals surface area contributed by atoms with Gasteiger partial charge in [0.1, 0.15) is 6.61 Å². The molecule has 348 valence electrons. The van der Waals surface area contributed by atoms with Crippen molar-refractivity contribution in [2.75, 3.05) is 44.5 Å². The maximum Gasteiger partial charge on any atom is 0.381 e. The standard InChI is InChI=1S/C12H10F2N2O.C8H13ClO3.2C8H10F2O3.C6H8N2/c1-2-7-12(13,14)10-11(17)16-9-6-4-3-5-8(9)15-10;1-4-6-12-8(3,9)7(10)11-5-2;1-3-5-13-6(7(9)10)8(11)12-4-2;1-3-5-8(9,10)6(11)7(12)13-4-2;7-5-3-1-2-4-6(5)8/h2-6H,1,7H2,(H,16,17);4H,1,5-6H2,2-3H3;2*3H,1,4-5H2,2H3;1-4H,7-8H2. The van der Waals surface area contributed by atoms with Gasteiger partial charge in [-0.25, -0.2) is 19.4 Å². The van der Waals surface area contributed by atoms with Crippen molar-refractivity contribution in [1.29, 1.82) is 0 Å². The molecule has 0 aliphatic heterocycles. The van der Waals surface area contributed by atoms with E-state index in [2.05, 4.69) is 55.2 Å². The zero-order valence-corrected chi connectivity index (χ0v) is 35.8. The summed E-state index contributed by atoms with van der Waals surface area (Å²) in [6, 6.07) is 13.8. The van der Waals surface area contributed by atoms with E-state index in [0.29, 0.717) is 29.0 Å². The van der Waals surface area contributed by atoms with Gasteiger partial charge in [0, 0.05) is 12.8 Å². The summed E-state index contributed by atoms with van der Waals surface area (Å²) in [7, 11) is 0. The number of H-pyrrole nitrogens is 1. The van der Waals surface area contributed by atoms with Crippen molar-refractivity contribution < 1.29 is 69.2 Å². The van der Waals surface area contributed by atoms with Gasteiger partial charge in [0.15, 0.2) is 5.69 Å². The third-order valence-electron chi connectivity index (χ3n) is 6.63. The fourth-order valence-electron chi connectivity index (χ4n) is 3.75. The van der Waals surface area contributed by atoms with Gasteiger partial charge >= 0.3 is 35.7 Å². The molecular formula is C42H51ClF6N4O10. The number of rotatable bonds is 18. The molecule has 0 saturated carbocycles. The predicted octanol–water partition coefficient (Wildman–Crippen LogP) is 8.34. The molecule has 0 aliphatic rings. The van der Waals surface area contributed by atoms with Crippen LogP contribution in [0.25, 0.3) is 11.0 Å². The quantitative estimate of drug-likeness (QED) is 0.0126. The summed E-state index contributed by atoms with van der Waals surface area (Å²) < 4.78 is 99.1. The molecular weight excluding hydrogens is 870 g/mol. The number of carbonyl (C=O) groups excluding carboxylic acids is 4. The molecule has 3 rings (SSSR count). The second kappa shape index (κ2) is 30.6. The van der Waals surface area contributed by atoms with Crippen molar-refractivity contribution in [2.24, 2.45) is 0 Å². The Morgan fingerprint density at radius 2 is 1.24 bits per heavy atom. The highest BCUT2D eigenvalue weighted by atomic mass is 35.5. The largest absolute Gasteiger partial charge is 0.479 e. The molecule has 1 unspecified atom stereocenters. The minimum absolute atomic E-state index is 0.0209. The summed E-state index contributed by atoms with van der Waals surface area (Å²) in [5.74, 6) is -13.1. The Hall–Kier alpha value is -6.41. The number of alkyl halides is 5. The number of nitrogens with two attached hydrogens (primary N) is 2. The number of hydrogen-bond acceptors (Lipinski definition) is 13. The molecule has 0 saturated heterocycles. The highest BCUT2D eigenvalue weighted by Gasteiger charge is 2.42. The summed E-state index contributed by atoms with van der Waals surface area (Å²) in [5, 5.41) is -1.40. The van der Waals surface area contributed by atoms with Gasteiger partial charge in [0.2, 0.25) is 5.06 Å². The topological polar surface area (TPSA) is 212 Å². The van der Waals surface area contributed by atoms with E-state index < -0.39 is 76.5 Å². The zero-order valence-electron chi connectivity index (χ0n) is 35.0. The Morgan fingerprint density at radius 1 is 0.746 bits per heavy atom.